The van der Waals surface area contributed by atoms with Gasteiger partial charge in [0.2, 0.25) is 0 Å². The van der Waals surface area contributed by atoms with Crippen molar-refractivity contribution in [2.45, 2.75) is 38.2 Å². The fraction of sp³-hybridized carbons (Fsp3) is 0.632. The van der Waals surface area contributed by atoms with Crippen molar-refractivity contribution in [3.05, 3.63) is 28.5 Å². The number of benzene rings is 1. The van der Waals surface area contributed by atoms with Gasteiger partial charge in [0.15, 0.2) is 0 Å². The van der Waals surface area contributed by atoms with Crippen LogP contribution in [0.3, 0.4) is 0 Å². The van der Waals surface area contributed by atoms with Gasteiger partial charge in [-0.1, -0.05) is 11.6 Å². The van der Waals surface area contributed by atoms with E-state index in [1.54, 1.807) is 4.72 Å². The van der Waals surface area contributed by atoms with Gasteiger partial charge in [0.25, 0.3) is 5.91 Å². The molecule has 6 nitrogen and oxygen atoms in total. The first kappa shape index (κ1) is 19.9. The summed E-state index contributed by atoms with van der Waals surface area (Å²) >= 11 is 6.26. The Balaban J connectivity index is 1.53. The summed E-state index contributed by atoms with van der Waals surface area (Å²) in [6.07, 6.45) is 5.97. The Morgan fingerprint density at radius 3 is 2.25 bits per heavy atom. The zero-order chi connectivity index (χ0) is 20.2. The van der Waals surface area contributed by atoms with Crippen LogP contribution in [0.5, 0.6) is 5.75 Å². The number of nitrogens with zero attached hydrogens (tertiary/aromatic N) is 1. The summed E-state index contributed by atoms with van der Waals surface area (Å²) in [4.78, 5) is 12.2. The van der Waals surface area contributed by atoms with E-state index in [4.69, 9.17) is 16.3 Å². The molecule has 4 saturated carbocycles. The largest absolute Gasteiger partial charge is 0.488 e. The molecule has 0 aliphatic heterocycles. The van der Waals surface area contributed by atoms with Crippen molar-refractivity contribution in [2.24, 2.45) is 23.7 Å². The zero-order valence-corrected chi connectivity index (χ0v) is 17.4. The van der Waals surface area contributed by atoms with Crippen LogP contribution < -0.4 is 9.46 Å². The molecule has 154 valence electrons. The van der Waals surface area contributed by atoms with E-state index in [2.05, 4.69) is 0 Å². The van der Waals surface area contributed by atoms with Crippen LogP contribution in [0.1, 0.15) is 42.5 Å². The normalized spacial score (nSPS) is 31.2. The lowest BCUT2D eigenvalue weighted by atomic mass is 9.55. The van der Waals surface area contributed by atoms with Crippen LogP contribution in [0.25, 0.3) is 0 Å². The molecule has 0 aromatic heterocycles. The Kier molecular flexibility index (Phi) is 5.08. The highest BCUT2D eigenvalue weighted by atomic mass is 35.5. The third kappa shape index (κ3) is 3.62. The first-order valence-electron chi connectivity index (χ1n) is 9.54. The maximum absolute atomic E-state index is 14.6. The minimum absolute atomic E-state index is 0.0264. The van der Waals surface area contributed by atoms with Crippen molar-refractivity contribution in [3.8, 4) is 5.75 Å². The predicted molar refractivity (Wildman–Crippen MR) is 103 cm³/mol. The highest BCUT2D eigenvalue weighted by Gasteiger charge is 2.49. The summed E-state index contributed by atoms with van der Waals surface area (Å²) in [6, 6.07) is 2.22. The molecule has 4 bridgehead atoms. The summed E-state index contributed by atoms with van der Waals surface area (Å²) in [5.41, 5.74) is -0.437. The molecular formula is C19H24ClFN2O4S. The van der Waals surface area contributed by atoms with Crippen LogP contribution in [0, 0.1) is 29.5 Å². The molecule has 0 unspecified atom stereocenters. The minimum Gasteiger partial charge on any atom is -0.488 e. The Bertz CT molecular complexity index is 877. The van der Waals surface area contributed by atoms with Gasteiger partial charge < -0.3 is 4.74 Å². The van der Waals surface area contributed by atoms with Crippen LogP contribution in [0.2, 0.25) is 5.02 Å². The SMILES string of the molecule is CN(C)S(=O)(=O)NC(=O)c1cc(Cl)c(OC2C3CC4CC(C3)CC2C4)cc1F. The standard InChI is InChI=1S/C19H24ClFN2O4S/c1-23(2)28(25,26)22-19(24)14-8-15(20)17(9-16(14)21)27-18-12-4-10-3-11(6-12)7-13(18)5-10/h8-13,18H,3-7H2,1-2H3,(H,22,24). The van der Waals surface area contributed by atoms with Crippen LogP contribution >= 0.6 is 11.6 Å². The first-order chi connectivity index (χ1) is 13.1. The molecule has 0 saturated heterocycles. The monoisotopic (exact) mass is 430 g/mol. The van der Waals surface area contributed by atoms with Gasteiger partial charge in [0.05, 0.1) is 10.6 Å². The van der Waals surface area contributed by atoms with Crippen LogP contribution in [-0.2, 0) is 10.2 Å². The van der Waals surface area contributed by atoms with Crippen molar-refractivity contribution < 1.29 is 22.3 Å². The Labute approximate surface area is 169 Å². The number of rotatable bonds is 5. The lowest BCUT2D eigenvalue weighted by molar-refractivity contribution is -0.0790. The summed E-state index contributed by atoms with van der Waals surface area (Å²) in [6.45, 7) is 0. The Morgan fingerprint density at radius 1 is 1.14 bits per heavy atom. The molecule has 1 aromatic rings. The van der Waals surface area contributed by atoms with Crippen LogP contribution in [0.15, 0.2) is 12.1 Å². The maximum atomic E-state index is 14.6. The summed E-state index contributed by atoms with van der Waals surface area (Å²) in [5, 5.41) is 0.0996. The topological polar surface area (TPSA) is 75.7 Å². The average Bonchev–Trinajstić information content (AvgIpc) is 2.59. The third-order valence-corrected chi connectivity index (χ3v) is 8.07. The molecule has 4 fully saturated rings. The Hall–Kier alpha value is -1.38. The molecule has 1 aromatic carbocycles. The van der Waals surface area contributed by atoms with E-state index in [9.17, 15) is 17.6 Å². The molecule has 0 radical (unpaired) electrons. The molecular weight excluding hydrogens is 407 g/mol. The van der Waals surface area contributed by atoms with E-state index in [0.29, 0.717) is 11.8 Å². The second-order valence-electron chi connectivity index (χ2n) is 8.49. The fourth-order valence-corrected chi connectivity index (χ4v) is 6.01. The Morgan fingerprint density at radius 2 is 1.71 bits per heavy atom. The molecule has 0 atom stereocenters. The number of hydrogen-bond donors (Lipinski definition) is 1. The molecule has 4 aliphatic carbocycles. The van der Waals surface area contributed by atoms with Gasteiger partial charge in [-0.05, 0) is 61.8 Å². The molecule has 1 N–H and O–H groups in total. The van der Waals surface area contributed by atoms with E-state index in [1.165, 1.54) is 20.5 Å². The van der Waals surface area contributed by atoms with Crippen molar-refractivity contribution in [1.29, 1.82) is 0 Å². The van der Waals surface area contributed by atoms with Gasteiger partial charge in [-0.15, -0.1) is 0 Å². The fourth-order valence-electron chi connectivity index (χ4n) is 5.27. The molecule has 5 rings (SSSR count). The average molecular weight is 431 g/mol. The van der Waals surface area contributed by atoms with Gasteiger partial charge >= 0.3 is 10.2 Å². The highest BCUT2D eigenvalue weighted by Crippen LogP contribution is 2.54. The summed E-state index contributed by atoms with van der Waals surface area (Å²) < 4.78 is 46.9. The quantitative estimate of drug-likeness (QED) is 0.778. The number of halogens is 2. The van der Waals surface area contributed by atoms with Crippen molar-refractivity contribution in [2.75, 3.05) is 14.1 Å². The second kappa shape index (κ2) is 7.15. The summed E-state index contributed by atoms with van der Waals surface area (Å²) in [7, 11) is -1.50. The summed E-state index contributed by atoms with van der Waals surface area (Å²) in [5.74, 6) is 0.804. The third-order valence-electron chi connectivity index (χ3n) is 6.37. The second-order valence-corrected chi connectivity index (χ2v) is 10.8. The minimum atomic E-state index is -4.03. The van der Waals surface area contributed by atoms with E-state index in [1.807, 2.05) is 0 Å². The predicted octanol–water partition coefficient (Wildman–Crippen LogP) is 3.22. The number of carbonyl (C=O) groups is 1. The number of hydrogen-bond acceptors (Lipinski definition) is 4. The molecule has 4 aliphatic rings. The van der Waals surface area contributed by atoms with E-state index < -0.39 is 27.5 Å². The van der Waals surface area contributed by atoms with Gasteiger partial charge in [0, 0.05) is 20.2 Å². The zero-order valence-electron chi connectivity index (χ0n) is 15.8. The van der Waals surface area contributed by atoms with Gasteiger partial charge in [-0.25, -0.2) is 9.11 Å². The van der Waals surface area contributed by atoms with Crippen molar-refractivity contribution in [3.63, 3.8) is 0 Å². The van der Waals surface area contributed by atoms with Crippen LogP contribution in [-0.4, -0.2) is 38.8 Å². The molecule has 0 heterocycles. The molecule has 9 heteroatoms. The maximum Gasteiger partial charge on any atom is 0.303 e. The molecule has 0 spiro atoms. The van der Waals surface area contributed by atoms with Gasteiger partial charge in [-0.2, -0.15) is 12.7 Å². The lowest BCUT2D eigenvalue weighted by Gasteiger charge is -2.53. The smallest absolute Gasteiger partial charge is 0.303 e. The van der Waals surface area contributed by atoms with Crippen LogP contribution in [0.4, 0.5) is 4.39 Å². The van der Waals surface area contributed by atoms with E-state index >= 15 is 0 Å². The number of carbonyl (C=O) groups excluding carboxylic acids is 1. The van der Waals surface area contributed by atoms with E-state index in [0.717, 1.165) is 54.0 Å². The highest BCUT2D eigenvalue weighted by molar-refractivity contribution is 7.87. The molecule has 28 heavy (non-hydrogen) atoms. The van der Waals surface area contributed by atoms with E-state index in [-0.39, 0.29) is 16.9 Å². The number of amides is 1. The van der Waals surface area contributed by atoms with Crippen molar-refractivity contribution in [1.82, 2.24) is 9.03 Å². The van der Waals surface area contributed by atoms with Gasteiger partial charge in [-0.3, -0.25) is 4.79 Å². The number of nitrogens with one attached hydrogen (secondary N) is 1. The van der Waals surface area contributed by atoms with Crippen molar-refractivity contribution >= 4 is 27.7 Å². The number of ether oxygens (including phenoxy) is 1. The lowest BCUT2D eigenvalue weighted by Crippen LogP contribution is -2.50. The van der Waals surface area contributed by atoms with Gasteiger partial charge in [0.1, 0.15) is 17.7 Å². The molecule has 1 amide bonds. The first-order valence-corrected chi connectivity index (χ1v) is 11.4.